The summed E-state index contributed by atoms with van der Waals surface area (Å²) in [7, 11) is 0. The Morgan fingerprint density at radius 3 is 2.55 bits per heavy atom. The summed E-state index contributed by atoms with van der Waals surface area (Å²) in [4.78, 5) is 26.0. The second-order valence-corrected chi connectivity index (χ2v) is 8.32. The number of aliphatic carboxylic acids is 1. The van der Waals surface area contributed by atoms with Crippen LogP contribution in [0.15, 0.2) is 60.0 Å². The van der Waals surface area contributed by atoms with E-state index in [1.54, 1.807) is 11.3 Å². The van der Waals surface area contributed by atoms with Crippen molar-refractivity contribution >= 4 is 41.1 Å². The number of nitrogens with one attached hydrogen (secondary N) is 1. The van der Waals surface area contributed by atoms with Crippen molar-refractivity contribution in [2.45, 2.75) is 38.5 Å². The molecule has 0 unspecified atom stereocenters. The number of aromatic nitrogens is 1. The number of hydrogen-bond acceptors (Lipinski definition) is 4. The van der Waals surface area contributed by atoms with Crippen LogP contribution in [-0.4, -0.2) is 22.0 Å². The zero-order valence-electron chi connectivity index (χ0n) is 17.5. The van der Waals surface area contributed by atoms with Gasteiger partial charge in [-0.1, -0.05) is 55.0 Å². The van der Waals surface area contributed by atoms with Gasteiger partial charge in [-0.3, -0.25) is 9.59 Å². The molecule has 31 heavy (non-hydrogen) atoms. The first-order chi connectivity index (χ1) is 15.0. The highest BCUT2D eigenvalue weighted by Crippen LogP contribution is 2.36. The van der Waals surface area contributed by atoms with E-state index in [4.69, 9.17) is 14.9 Å². The summed E-state index contributed by atoms with van der Waals surface area (Å²) in [5.74, 6) is -0.168. The van der Waals surface area contributed by atoms with Crippen molar-refractivity contribution in [3.8, 4) is 0 Å². The molecule has 1 aliphatic carbocycles. The molecular weight excluding hydrogens is 408 g/mol. The highest BCUT2D eigenvalue weighted by molar-refractivity contribution is 7.10. The van der Waals surface area contributed by atoms with Crippen molar-refractivity contribution in [3.63, 3.8) is 0 Å². The summed E-state index contributed by atoms with van der Waals surface area (Å²) in [6.45, 7) is 1.08. The Hall–Kier alpha value is -3.25. The minimum absolute atomic E-state index is 0.00704. The largest absolute Gasteiger partial charge is 0.481 e. The molecule has 1 aliphatic rings. The first kappa shape index (κ1) is 22.4. The van der Waals surface area contributed by atoms with Gasteiger partial charge in [-0.2, -0.15) is 0 Å². The number of hydrogen-bond donors (Lipinski definition) is 2. The molecule has 1 fully saturated rings. The van der Waals surface area contributed by atoms with Crippen molar-refractivity contribution in [2.24, 2.45) is 0 Å². The lowest BCUT2D eigenvalue weighted by Crippen LogP contribution is -2.14. The number of amides is 1. The van der Waals surface area contributed by atoms with Gasteiger partial charge in [-0.25, -0.2) is 4.98 Å². The normalized spacial score (nSPS) is 13.2. The number of rotatable bonds is 6. The number of carboxylic acids is 1. The van der Waals surface area contributed by atoms with E-state index in [-0.39, 0.29) is 5.91 Å². The molecule has 6 heteroatoms. The number of benzene rings is 2. The van der Waals surface area contributed by atoms with E-state index in [1.165, 1.54) is 25.0 Å². The van der Waals surface area contributed by atoms with E-state index < -0.39 is 5.97 Å². The molecule has 5 nitrogen and oxygen atoms in total. The molecule has 0 radical (unpaired) electrons. The average molecular weight is 435 g/mol. The Morgan fingerprint density at radius 2 is 1.87 bits per heavy atom. The lowest BCUT2D eigenvalue weighted by Gasteiger charge is -2.22. The maximum atomic E-state index is 12.2. The van der Waals surface area contributed by atoms with Crippen molar-refractivity contribution < 1.29 is 14.7 Å². The molecule has 1 aromatic heterocycles. The fraction of sp³-hybridized carbons (Fsp3) is 0.240. The third-order valence-corrected chi connectivity index (χ3v) is 5.69. The first-order valence-corrected chi connectivity index (χ1v) is 11.1. The maximum absolute atomic E-state index is 12.2. The fourth-order valence-corrected chi connectivity index (χ4v) is 3.93. The second-order valence-electron chi connectivity index (χ2n) is 7.43. The lowest BCUT2D eigenvalue weighted by atomic mass is 9.83. The molecule has 0 spiro atoms. The second kappa shape index (κ2) is 11.2. The molecule has 2 aromatic carbocycles. The standard InChI is InChI=1S/C23H22N2OS.C2H4O2/c26-22(15-17-6-2-1-3-7-17)24-20-11-4-8-18(14-20)12-13-23-25-21(16-27-23)19-9-5-10-19;1-2(3)4/h1-4,6-8,11-14,16,19H,5,9-10,15H2,(H,24,26);1H3,(H,3,4). The van der Waals surface area contributed by atoms with E-state index in [1.807, 2.05) is 54.6 Å². The van der Waals surface area contributed by atoms with E-state index in [9.17, 15) is 4.79 Å². The van der Waals surface area contributed by atoms with Gasteiger partial charge >= 0.3 is 0 Å². The molecule has 3 aromatic rings. The minimum atomic E-state index is -0.833. The number of carbonyl (C=O) groups is 2. The Balaban J connectivity index is 0.000000628. The van der Waals surface area contributed by atoms with Crippen LogP contribution in [0.5, 0.6) is 0 Å². The highest BCUT2D eigenvalue weighted by atomic mass is 32.1. The van der Waals surface area contributed by atoms with E-state index >= 15 is 0 Å². The highest BCUT2D eigenvalue weighted by Gasteiger charge is 2.21. The van der Waals surface area contributed by atoms with Gasteiger partial charge in [-0.05, 0) is 42.2 Å². The quantitative estimate of drug-likeness (QED) is 0.510. The molecule has 1 heterocycles. The van der Waals surface area contributed by atoms with Gasteiger partial charge < -0.3 is 10.4 Å². The molecule has 1 amide bonds. The van der Waals surface area contributed by atoms with Crippen LogP contribution in [0.1, 0.15) is 53.9 Å². The Morgan fingerprint density at radius 1 is 1.13 bits per heavy atom. The Kier molecular flexibility index (Phi) is 8.12. The molecular formula is C25H26N2O3S. The molecule has 1 saturated carbocycles. The number of nitrogens with zero attached hydrogens (tertiary/aromatic N) is 1. The third-order valence-electron chi connectivity index (χ3n) is 4.86. The van der Waals surface area contributed by atoms with Gasteiger partial charge in [0.25, 0.3) is 5.97 Å². The van der Waals surface area contributed by atoms with E-state index in [0.29, 0.717) is 12.3 Å². The summed E-state index contributed by atoms with van der Waals surface area (Å²) < 4.78 is 0. The van der Waals surface area contributed by atoms with Gasteiger partial charge in [0.15, 0.2) is 0 Å². The van der Waals surface area contributed by atoms with Crippen LogP contribution >= 0.6 is 11.3 Å². The molecule has 0 atom stereocenters. The van der Waals surface area contributed by atoms with Crippen LogP contribution in [0.3, 0.4) is 0 Å². The van der Waals surface area contributed by atoms with Crippen LogP contribution in [0, 0.1) is 0 Å². The van der Waals surface area contributed by atoms with Crippen LogP contribution in [-0.2, 0) is 16.0 Å². The van der Waals surface area contributed by atoms with E-state index in [0.717, 1.165) is 28.7 Å². The molecule has 0 bridgehead atoms. The summed E-state index contributed by atoms with van der Waals surface area (Å²) in [5.41, 5.74) is 4.12. The molecule has 0 aliphatic heterocycles. The first-order valence-electron chi connectivity index (χ1n) is 10.3. The summed E-state index contributed by atoms with van der Waals surface area (Å²) in [5, 5.41) is 13.6. The summed E-state index contributed by atoms with van der Waals surface area (Å²) in [6, 6.07) is 17.7. The van der Waals surface area contributed by atoms with Crippen molar-refractivity contribution in [3.05, 3.63) is 81.8 Å². The van der Waals surface area contributed by atoms with Gasteiger partial charge in [0.2, 0.25) is 5.91 Å². The molecule has 4 rings (SSSR count). The monoisotopic (exact) mass is 434 g/mol. The van der Waals surface area contributed by atoms with Gasteiger partial charge in [0.1, 0.15) is 5.01 Å². The summed E-state index contributed by atoms with van der Waals surface area (Å²) in [6.07, 6.45) is 8.36. The number of carbonyl (C=O) groups excluding carboxylic acids is 1. The molecule has 160 valence electrons. The number of thiazole rings is 1. The predicted octanol–water partition coefficient (Wildman–Crippen LogP) is 5.85. The van der Waals surface area contributed by atoms with Crippen LogP contribution in [0.2, 0.25) is 0 Å². The Labute approximate surface area is 186 Å². The summed E-state index contributed by atoms with van der Waals surface area (Å²) >= 11 is 1.69. The minimum Gasteiger partial charge on any atom is -0.481 e. The number of anilines is 1. The van der Waals surface area contributed by atoms with Gasteiger partial charge in [0.05, 0.1) is 12.1 Å². The van der Waals surface area contributed by atoms with Gasteiger partial charge in [-0.15, -0.1) is 11.3 Å². The third kappa shape index (κ3) is 7.50. The predicted molar refractivity (Wildman–Crippen MR) is 126 cm³/mol. The fourth-order valence-electron chi connectivity index (χ4n) is 3.14. The number of carboxylic acid groups (broad SMARTS) is 1. The molecule has 0 saturated heterocycles. The van der Waals surface area contributed by atoms with Crippen molar-refractivity contribution in [1.29, 1.82) is 0 Å². The maximum Gasteiger partial charge on any atom is 0.300 e. The van der Waals surface area contributed by atoms with Crippen molar-refractivity contribution in [1.82, 2.24) is 4.98 Å². The van der Waals surface area contributed by atoms with E-state index in [2.05, 4.69) is 22.8 Å². The Bertz CT molecular complexity index is 1040. The van der Waals surface area contributed by atoms with Crippen LogP contribution < -0.4 is 5.32 Å². The lowest BCUT2D eigenvalue weighted by molar-refractivity contribution is -0.134. The zero-order chi connectivity index (χ0) is 22.1. The van der Waals surface area contributed by atoms with Crippen molar-refractivity contribution in [2.75, 3.05) is 5.32 Å². The van der Waals surface area contributed by atoms with Crippen LogP contribution in [0.25, 0.3) is 12.2 Å². The zero-order valence-corrected chi connectivity index (χ0v) is 18.3. The van der Waals surface area contributed by atoms with Gasteiger partial charge in [0, 0.05) is 23.9 Å². The average Bonchev–Trinajstić information content (AvgIpc) is 3.14. The molecule has 2 N–H and O–H groups in total. The topological polar surface area (TPSA) is 79.3 Å². The van der Waals surface area contributed by atoms with Crippen LogP contribution in [0.4, 0.5) is 5.69 Å². The smallest absolute Gasteiger partial charge is 0.300 e. The SMILES string of the molecule is CC(=O)O.O=C(Cc1ccccc1)Nc1cccc(C=Cc2nc(C3CCC3)cs2)c1.